The molecule has 1 aromatic rings. The monoisotopic (exact) mass is 294 g/mol. The summed E-state index contributed by atoms with van der Waals surface area (Å²) in [6.07, 6.45) is 0. The van der Waals surface area contributed by atoms with Crippen LogP contribution in [0.3, 0.4) is 0 Å². The van der Waals surface area contributed by atoms with E-state index in [1.54, 1.807) is 0 Å². The van der Waals surface area contributed by atoms with Crippen LogP contribution in [-0.2, 0) is 0 Å². The van der Waals surface area contributed by atoms with Crippen molar-refractivity contribution in [1.82, 2.24) is 10.2 Å². The van der Waals surface area contributed by atoms with Crippen LogP contribution in [0.25, 0.3) is 0 Å². The van der Waals surface area contributed by atoms with Crippen LogP contribution < -0.4 is 14.8 Å². The highest BCUT2D eigenvalue weighted by molar-refractivity contribution is 5.44. The Kier molecular flexibility index (Phi) is 5.08. The molecule has 2 rings (SSSR count). The van der Waals surface area contributed by atoms with E-state index in [1.807, 2.05) is 44.1 Å². The summed E-state index contributed by atoms with van der Waals surface area (Å²) in [6, 6.07) is 6.12. The number of benzene rings is 1. The molecule has 0 aromatic heterocycles. The van der Waals surface area contributed by atoms with Crippen LogP contribution >= 0.6 is 0 Å². The minimum absolute atomic E-state index is 0.134. The molecule has 1 aliphatic rings. The Labute approximate surface area is 126 Å². The van der Waals surface area contributed by atoms with Crippen molar-refractivity contribution in [2.24, 2.45) is 0 Å². The quantitative estimate of drug-likeness (QED) is 0.831. The van der Waals surface area contributed by atoms with E-state index < -0.39 is 5.60 Å². The Morgan fingerprint density at radius 1 is 1.29 bits per heavy atom. The van der Waals surface area contributed by atoms with Crippen LogP contribution in [0.1, 0.15) is 25.5 Å². The first-order valence-electron chi connectivity index (χ1n) is 7.37. The van der Waals surface area contributed by atoms with Crippen molar-refractivity contribution in [3.8, 4) is 11.5 Å². The lowest BCUT2D eigenvalue weighted by atomic mass is 10.0. The van der Waals surface area contributed by atoms with Gasteiger partial charge in [-0.2, -0.15) is 0 Å². The minimum atomic E-state index is -0.758. The van der Waals surface area contributed by atoms with Crippen molar-refractivity contribution in [3.63, 3.8) is 0 Å². The summed E-state index contributed by atoms with van der Waals surface area (Å²) >= 11 is 0. The first kappa shape index (κ1) is 16.1. The lowest BCUT2D eigenvalue weighted by Gasteiger charge is -2.29. The van der Waals surface area contributed by atoms with Crippen LogP contribution in [0.2, 0.25) is 0 Å². The summed E-state index contributed by atoms with van der Waals surface area (Å²) in [5.41, 5.74) is 0.367. The number of likely N-dealkylation sites (N-methyl/N-ethyl adjacent to an activating group) is 1. The Hall–Kier alpha value is -1.30. The maximum Gasteiger partial charge on any atom is 0.161 e. The van der Waals surface area contributed by atoms with Crippen molar-refractivity contribution < 1.29 is 14.6 Å². The zero-order valence-corrected chi connectivity index (χ0v) is 13.3. The number of aliphatic hydroxyl groups is 1. The smallest absolute Gasteiger partial charge is 0.161 e. The predicted molar refractivity (Wildman–Crippen MR) is 83.0 cm³/mol. The number of hydrogen-bond acceptors (Lipinski definition) is 5. The van der Waals surface area contributed by atoms with Gasteiger partial charge in [-0.25, -0.2) is 0 Å². The third-order valence-electron chi connectivity index (χ3n) is 3.51. The second-order valence-electron chi connectivity index (χ2n) is 6.24. The maximum absolute atomic E-state index is 10.3. The number of nitrogens with one attached hydrogen (secondary N) is 1. The van der Waals surface area contributed by atoms with Crippen molar-refractivity contribution in [1.29, 1.82) is 0 Å². The van der Waals surface area contributed by atoms with Crippen molar-refractivity contribution >= 4 is 0 Å². The molecule has 1 heterocycles. The number of fused-ring (bicyclic) bond motifs is 1. The van der Waals surface area contributed by atoms with Gasteiger partial charge in [-0.05, 0) is 45.6 Å². The van der Waals surface area contributed by atoms with Gasteiger partial charge in [-0.1, -0.05) is 6.07 Å². The Balaban J connectivity index is 1.95. The molecule has 2 N–H and O–H groups in total. The van der Waals surface area contributed by atoms with E-state index >= 15 is 0 Å². The predicted octanol–water partition coefficient (Wildman–Crippen LogP) is 1.42. The van der Waals surface area contributed by atoms with Gasteiger partial charge in [0.15, 0.2) is 11.5 Å². The van der Waals surface area contributed by atoms with Crippen molar-refractivity contribution in [2.45, 2.75) is 25.5 Å². The molecule has 5 heteroatoms. The fourth-order valence-electron chi connectivity index (χ4n) is 2.56. The van der Waals surface area contributed by atoms with E-state index in [1.165, 1.54) is 0 Å². The molecule has 0 spiro atoms. The molecule has 1 aliphatic heterocycles. The van der Waals surface area contributed by atoms with Gasteiger partial charge < -0.3 is 24.8 Å². The standard InChI is InChI=1S/C16H26N2O3/c1-12(17-10-16(2,19)11-18(3)4)13-5-6-14-15(9-13)21-8-7-20-14/h5-6,9,12,17,19H,7-8,10-11H2,1-4H3. The molecule has 2 unspecified atom stereocenters. The van der Waals surface area contributed by atoms with Crippen molar-refractivity contribution in [3.05, 3.63) is 23.8 Å². The Bertz CT molecular complexity index is 475. The largest absolute Gasteiger partial charge is 0.486 e. The maximum atomic E-state index is 10.3. The van der Waals surface area contributed by atoms with Gasteiger partial charge in [0.2, 0.25) is 0 Å². The molecule has 5 nitrogen and oxygen atoms in total. The number of rotatable bonds is 6. The average molecular weight is 294 g/mol. The van der Waals surface area contributed by atoms with Crippen molar-refractivity contribution in [2.75, 3.05) is 40.4 Å². The van der Waals surface area contributed by atoms with Gasteiger partial charge in [0.05, 0.1) is 5.60 Å². The molecule has 21 heavy (non-hydrogen) atoms. The normalized spacial score (nSPS) is 18.4. The highest BCUT2D eigenvalue weighted by Crippen LogP contribution is 2.32. The summed E-state index contributed by atoms with van der Waals surface area (Å²) in [5, 5.41) is 13.7. The molecular weight excluding hydrogens is 268 g/mol. The second kappa shape index (κ2) is 6.64. The molecule has 0 fully saturated rings. The van der Waals surface area contributed by atoms with E-state index in [4.69, 9.17) is 9.47 Å². The van der Waals surface area contributed by atoms with Gasteiger partial charge in [0, 0.05) is 19.1 Å². The third kappa shape index (κ3) is 4.59. The lowest BCUT2D eigenvalue weighted by Crippen LogP contribution is -2.46. The highest BCUT2D eigenvalue weighted by atomic mass is 16.6. The summed E-state index contributed by atoms with van der Waals surface area (Å²) in [7, 11) is 3.91. The summed E-state index contributed by atoms with van der Waals surface area (Å²) in [6.45, 7) is 6.27. The molecule has 0 bridgehead atoms. The fraction of sp³-hybridized carbons (Fsp3) is 0.625. The van der Waals surface area contributed by atoms with Gasteiger partial charge in [-0.15, -0.1) is 0 Å². The van der Waals surface area contributed by atoms with Crippen LogP contribution in [0.4, 0.5) is 0 Å². The van der Waals surface area contributed by atoms with Crippen LogP contribution in [0, 0.1) is 0 Å². The SMILES string of the molecule is CC(NCC(C)(O)CN(C)C)c1ccc2c(c1)OCCO2. The first-order valence-corrected chi connectivity index (χ1v) is 7.37. The summed E-state index contributed by atoms with van der Waals surface area (Å²) in [5.74, 6) is 1.60. The van der Waals surface area contributed by atoms with Crippen LogP contribution in [0.15, 0.2) is 18.2 Å². The first-order chi connectivity index (χ1) is 9.87. The highest BCUT2D eigenvalue weighted by Gasteiger charge is 2.22. The molecule has 0 amide bonds. The second-order valence-corrected chi connectivity index (χ2v) is 6.24. The number of ether oxygens (including phenoxy) is 2. The van der Waals surface area contributed by atoms with E-state index in [0.29, 0.717) is 26.3 Å². The van der Waals surface area contributed by atoms with E-state index in [0.717, 1.165) is 17.1 Å². The van der Waals surface area contributed by atoms with Crippen LogP contribution in [-0.4, -0.2) is 56.0 Å². The van der Waals surface area contributed by atoms with Gasteiger partial charge in [0.1, 0.15) is 13.2 Å². The third-order valence-corrected chi connectivity index (χ3v) is 3.51. The van der Waals surface area contributed by atoms with E-state index in [-0.39, 0.29) is 6.04 Å². The lowest BCUT2D eigenvalue weighted by molar-refractivity contribution is 0.0317. The Morgan fingerprint density at radius 2 is 1.95 bits per heavy atom. The molecule has 0 aliphatic carbocycles. The minimum Gasteiger partial charge on any atom is -0.486 e. The zero-order valence-electron chi connectivity index (χ0n) is 13.3. The zero-order chi connectivity index (χ0) is 15.5. The Morgan fingerprint density at radius 3 is 2.62 bits per heavy atom. The molecule has 0 radical (unpaired) electrons. The molecule has 1 aromatic carbocycles. The topological polar surface area (TPSA) is 54.0 Å². The van der Waals surface area contributed by atoms with E-state index in [9.17, 15) is 5.11 Å². The fourth-order valence-corrected chi connectivity index (χ4v) is 2.56. The van der Waals surface area contributed by atoms with Gasteiger partial charge >= 0.3 is 0 Å². The summed E-state index contributed by atoms with van der Waals surface area (Å²) < 4.78 is 11.1. The molecular formula is C16H26N2O3. The summed E-state index contributed by atoms with van der Waals surface area (Å²) in [4.78, 5) is 1.98. The van der Waals surface area contributed by atoms with E-state index in [2.05, 4.69) is 12.2 Å². The van der Waals surface area contributed by atoms with Gasteiger partial charge in [0.25, 0.3) is 0 Å². The number of nitrogens with zero attached hydrogens (tertiary/aromatic N) is 1. The molecule has 2 atom stereocenters. The molecule has 118 valence electrons. The molecule has 0 saturated carbocycles. The van der Waals surface area contributed by atoms with Crippen LogP contribution in [0.5, 0.6) is 11.5 Å². The average Bonchev–Trinajstić information content (AvgIpc) is 2.43. The molecule has 0 saturated heterocycles. The van der Waals surface area contributed by atoms with Gasteiger partial charge in [-0.3, -0.25) is 0 Å². The number of hydrogen-bond donors (Lipinski definition) is 2.